The number of hydrogen-bond acceptors (Lipinski definition) is 2. The van der Waals surface area contributed by atoms with Crippen LogP contribution >= 0.6 is 0 Å². The van der Waals surface area contributed by atoms with Gasteiger partial charge in [0.05, 0.1) is 5.41 Å². The van der Waals surface area contributed by atoms with E-state index in [-0.39, 0.29) is 5.41 Å². The van der Waals surface area contributed by atoms with E-state index in [4.69, 9.17) is 5.21 Å². The third-order valence-corrected chi connectivity index (χ3v) is 3.36. The van der Waals surface area contributed by atoms with Crippen LogP contribution in [0.2, 0.25) is 0 Å². The average molecular weight is 217 g/mol. The molecular weight excluding hydrogens is 200 g/mol. The summed E-state index contributed by atoms with van der Waals surface area (Å²) in [6.07, 6.45) is 0. The zero-order valence-corrected chi connectivity index (χ0v) is 10.2. The Bertz CT molecular complexity index is 498. The first kappa shape index (κ1) is 10.9. The molecule has 2 rings (SSSR count). The summed E-state index contributed by atoms with van der Waals surface area (Å²) in [5.41, 5.74) is 4.07. The van der Waals surface area contributed by atoms with E-state index in [1.807, 2.05) is 26.1 Å². The fourth-order valence-corrected chi connectivity index (χ4v) is 2.70. The Morgan fingerprint density at radius 2 is 1.94 bits per heavy atom. The molecule has 84 valence electrons. The molecule has 0 aliphatic carbocycles. The van der Waals surface area contributed by atoms with E-state index in [9.17, 15) is 0 Å². The van der Waals surface area contributed by atoms with Crippen molar-refractivity contribution in [3.05, 3.63) is 29.8 Å². The van der Waals surface area contributed by atoms with Gasteiger partial charge in [0.15, 0.2) is 0 Å². The van der Waals surface area contributed by atoms with Crippen molar-refractivity contribution >= 4 is 17.1 Å². The van der Waals surface area contributed by atoms with Gasteiger partial charge in [-0.3, -0.25) is 0 Å². The van der Waals surface area contributed by atoms with Crippen molar-refractivity contribution in [3.8, 4) is 0 Å². The highest BCUT2D eigenvalue weighted by molar-refractivity contribution is 6.43. The van der Waals surface area contributed by atoms with E-state index in [0.717, 1.165) is 5.71 Å². The summed E-state index contributed by atoms with van der Waals surface area (Å²) in [5.74, 6) is 0. The number of hydrogen-bond donors (Lipinski definition) is 1. The molecule has 0 fully saturated rings. The molecule has 1 aromatic carbocycles. The van der Waals surface area contributed by atoms with Gasteiger partial charge in [0.1, 0.15) is 12.8 Å². The van der Waals surface area contributed by atoms with Crippen LogP contribution in [0.25, 0.3) is 0 Å². The number of benzene rings is 1. The monoisotopic (exact) mass is 217 g/mol. The normalized spacial score (nSPS) is 18.9. The molecule has 0 amide bonds. The van der Waals surface area contributed by atoms with Gasteiger partial charge in [0.25, 0.3) is 0 Å². The minimum atomic E-state index is -0.109. The lowest BCUT2D eigenvalue weighted by atomic mass is 9.80. The molecule has 0 saturated carbocycles. The van der Waals surface area contributed by atoms with Crippen molar-refractivity contribution in [2.24, 2.45) is 5.16 Å². The van der Waals surface area contributed by atoms with Crippen molar-refractivity contribution < 1.29 is 9.78 Å². The van der Waals surface area contributed by atoms with Crippen LogP contribution < -0.4 is 0 Å². The molecule has 0 radical (unpaired) electrons. The molecule has 1 aliphatic heterocycles. The molecule has 3 nitrogen and oxygen atoms in total. The Morgan fingerprint density at radius 1 is 1.31 bits per heavy atom. The number of rotatable bonds is 1. The summed E-state index contributed by atoms with van der Waals surface area (Å²) >= 11 is 0. The van der Waals surface area contributed by atoms with Gasteiger partial charge in [-0.1, -0.05) is 23.4 Å². The molecule has 3 heteroatoms. The second kappa shape index (κ2) is 3.44. The van der Waals surface area contributed by atoms with Crippen molar-refractivity contribution in [2.45, 2.75) is 26.2 Å². The highest BCUT2D eigenvalue weighted by atomic mass is 16.4. The van der Waals surface area contributed by atoms with Crippen LogP contribution in [0.5, 0.6) is 0 Å². The smallest absolute Gasteiger partial charge is 0.216 e. The fourth-order valence-electron chi connectivity index (χ4n) is 2.70. The zero-order valence-electron chi connectivity index (χ0n) is 10.2. The average Bonchev–Trinajstić information content (AvgIpc) is 2.47. The lowest BCUT2D eigenvalue weighted by Gasteiger charge is -2.16. The van der Waals surface area contributed by atoms with Gasteiger partial charge in [-0.25, -0.2) is 0 Å². The van der Waals surface area contributed by atoms with Crippen LogP contribution in [0.1, 0.15) is 26.3 Å². The molecule has 0 unspecified atom stereocenters. The molecule has 0 atom stereocenters. The van der Waals surface area contributed by atoms with Crippen molar-refractivity contribution in [3.63, 3.8) is 0 Å². The third kappa shape index (κ3) is 1.28. The first-order valence-corrected chi connectivity index (χ1v) is 5.40. The maximum Gasteiger partial charge on any atom is 0.216 e. The van der Waals surface area contributed by atoms with E-state index in [0.29, 0.717) is 5.71 Å². The summed E-state index contributed by atoms with van der Waals surface area (Å²) in [4.78, 5) is 0. The Balaban J connectivity index is 2.71. The number of nitrogens with zero attached hydrogens (tertiary/aromatic N) is 2. The molecule has 1 heterocycles. The van der Waals surface area contributed by atoms with Crippen LogP contribution in [0.4, 0.5) is 5.69 Å². The zero-order chi connectivity index (χ0) is 11.9. The second-order valence-electron chi connectivity index (χ2n) is 4.74. The third-order valence-electron chi connectivity index (χ3n) is 3.36. The van der Waals surface area contributed by atoms with E-state index >= 15 is 0 Å². The first-order chi connectivity index (χ1) is 7.50. The Kier molecular flexibility index (Phi) is 2.34. The molecule has 1 aromatic rings. The van der Waals surface area contributed by atoms with Crippen LogP contribution in [0, 0.1) is 0 Å². The summed E-state index contributed by atoms with van der Waals surface area (Å²) in [6.45, 7) is 6.14. The lowest BCUT2D eigenvalue weighted by Crippen LogP contribution is -2.34. The van der Waals surface area contributed by atoms with Crippen molar-refractivity contribution in [2.75, 3.05) is 7.05 Å². The minimum Gasteiger partial charge on any atom is -0.410 e. The molecule has 1 N–H and O–H groups in total. The predicted octanol–water partition coefficient (Wildman–Crippen LogP) is 2.54. The van der Waals surface area contributed by atoms with Gasteiger partial charge < -0.3 is 5.21 Å². The molecule has 0 aromatic heterocycles. The van der Waals surface area contributed by atoms with Crippen LogP contribution in [0.3, 0.4) is 0 Å². The number of oxime groups is 1. The molecular formula is C13H17N2O+. The number of para-hydroxylation sites is 1. The number of fused-ring (bicyclic) bond motifs is 1. The molecule has 0 bridgehead atoms. The van der Waals surface area contributed by atoms with Crippen LogP contribution in [-0.4, -0.2) is 28.3 Å². The minimum absolute atomic E-state index is 0.109. The quantitative estimate of drug-likeness (QED) is 0.333. The van der Waals surface area contributed by atoms with Gasteiger partial charge in [0.2, 0.25) is 11.4 Å². The lowest BCUT2D eigenvalue weighted by molar-refractivity contribution is -0.400. The Labute approximate surface area is 95.7 Å². The van der Waals surface area contributed by atoms with E-state index in [1.165, 1.54) is 11.3 Å². The van der Waals surface area contributed by atoms with Crippen LogP contribution in [0.15, 0.2) is 29.4 Å². The molecule has 0 saturated heterocycles. The van der Waals surface area contributed by atoms with Gasteiger partial charge >= 0.3 is 0 Å². The van der Waals surface area contributed by atoms with E-state index in [1.54, 1.807) is 0 Å². The van der Waals surface area contributed by atoms with Gasteiger partial charge in [-0.2, -0.15) is 4.58 Å². The van der Waals surface area contributed by atoms with Gasteiger partial charge in [0, 0.05) is 11.6 Å². The summed E-state index contributed by atoms with van der Waals surface area (Å²) in [5, 5.41) is 12.3. The highest BCUT2D eigenvalue weighted by Gasteiger charge is 2.45. The summed E-state index contributed by atoms with van der Waals surface area (Å²) in [6, 6.07) is 8.29. The summed E-state index contributed by atoms with van der Waals surface area (Å²) in [7, 11) is 2.01. The summed E-state index contributed by atoms with van der Waals surface area (Å²) < 4.78 is 2.10. The fraction of sp³-hybridized carbons (Fsp3) is 0.385. The van der Waals surface area contributed by atoms with Gasteiger partial charge in [-0.05, 0) is 20.8 Å². The van der Waals surface area contributed by atoms with Crippen LogP contribution in [-0.2, 0) is 5.41 Å². The maximum absolute atomic E-state index is 8.96. The van der Waals surface area contributed by atoms with Crippen molar-refractivity contribution in [1.82, 2.24) is 0 Å². The second-order valence-corrected chi connectivity index (χ2v) is 4.74. The van der Waals surface area contributed by atoms with Crippen molar-refractivity contribution in [1.29, 1.82) is 0 Å². The standard InChI is InChI=1S/C13H16N2O/c1-9(14-16)12-13(2,3)10-7-5-6-8-11(10)15(12)4/h5-8H,1-4H3/p+1. The molecule has 1 aliphatic rings. The highest BCUT2D eigenvalue weighted by Crippen LogP contribution is 2.38. The Hall–Kier alpha value is -1.64. The van der Waals surface area contributed by atoms with E-state index in [2.05, 4.69) is 35.7 Å². The topological polar surface area (TPSA) is 35.6 Å². The molecule has 16 heavy (non-hydrogen) atoms. The largest absolute Gasteiger partial charge is 0.410 e. The van der Waals surface area contributed by atoms with Gasteiger partial charge in [-0.15, -0.1) is 0 Å². The van der Waals surface area contributed by atoms with E-state index < -0.39 is 0 Å². The first-order valence-electron chi connectivity index (χ1n) is 5.40. The maximum atomic E-state index is 8.96. The SMILES string of the molecule is CC(=NO)C1=[N+](C)c2ccccc2C1(C)C. The molecule has 0 spiro atoms. The Morgan fingerprint density at radius 3 is 2.50 bits per heavy atom. The predicted molar refractivity (Wildman–Crippen MR) is 65.2 cm³/mol.